The molecule has 0 radical (unpaired) electrons. The molecule has 0 bridgehead atoms. The van der Waals surface area contributed by atoms with Crippen LogP contribution >= 0.6 is 0 Å². The normalized spacial score (nSPS) is 12.9. The van der Waals surface area contributed by atoms with Gasteiger partial charge in [0.1, 0.15) is 0 Å². The summed E-state index contributed by atoms with van der Waals surface area (Å²) in [7, 11) is 0. The van der Waals surface area contributed by atoms with E-state index in [1.165, 1.54) is 5.56 Å². The molecule has 1 rings (SSSR count). The van der Waals surface area contributed by atoms with E-state index in [0.717, 1.165) is 13.0 Å². The summed E-state index contributed by atoms with van der Waals surface area (Å²) in [5.41, 5.74) is 6.97. The molecule has 1 heteroatoms. The second-order valence-electron chi connectivity index (χ2n) is 2.75. The molecule has 11 heavy (non-hydrogen) atoms. The van der Waals surface area contributed by atoms with Gasteiger partial charge >= 0.3 is 0 Å². The topological polar surface area (TPSA) is 26.0 Å². The molecule has 0 fully saturated rings. The average Bonchev–Trinajstić information content (AvgIpc) is 2.09. The minimum atomic E-state index is 0.538. The molecular weight excluding hydrogens is 134 g/mol. The molecule has 2 N–H and O–H groups in total. The third-order valence-corrected chi connectivity index (χ3v) is 2.05. The lowest BCUT2D eigenvalue weighted by molar-refractivity contribution is 0.674. The molecule has 0 amide bonds. The Kier molecular flexibility index (Phi) is 3.12. The van der Waals surface area contributed by atoms with Crippen LogP contribution in [0.4, 0.5) is 0 Å². The van der Waals surface area contributed by atoms with Gasteiger partial charge in [0.25, 0.3) is 0 Å². The van der Waals surface area contributed by atoms with Gasteiger partial charge in [0.2, 0.25) is 0 Å². The van der Waals surface area contributed by atoms with Gasteiger partial charge in [-0.1, -0.05) is 37.3 Å². The zero-order valence-electron chi connectivity index (χ0n) is 6.96. The summed E-state index contributed by atoms with van der Waals surface area (Å²) < 4.78 is 0. The predicted octanol–water partition coefficient (Wildman–Crippen LogP) is 2.14. The van der Waals surface area contributed by atoms with Crippen molar-refractivity contribution in [2.45, 2.75) is 19.3 Å². The Labute approximate surface area is 68.2 Å². The summed E-state index contributed by atoms with van der Waals surface area (Å²) in [5.74, 6) is 0.538. The summed E-state index contributed by atoms with van der Waals surface area (Å²) in [6.07, 6.45) is 1.13. The number of hydrogen-bond acceptors (Lipinski definition) is 1. The van der Waals surface area contributed by atoms with Gasteiger partial charge in [-0.25, -0.2) is 0 Å². The van der Waals surface area contributed by atoms with Crippen LogP contribution in [-0.4, -0.2) is 6.54 Å². The van der Waals surface area contributed by atoms with Crippen molar-refractivity contribution in [1.82, 2.24) is 0 Å². The Morgan fingerprint density at radius 1 is 1.27 bits per heavy atom. The SMILES string of the molecule is CCC(CN)c1ccccc1. The third-order valence-electron chi connectivity index (χ3n) is 2.05. The number of benzene rings is 1. The molecule has 0 aliphatic heterocycles. The lowest BCUT2D eigenvalue weighted by Gasteiger charge is -2.11. The zero-order chi connectivity index (χ0) is 8.10. The van der Waals surface area contributed by atoms with E-state index in [9.17, 15) is 0 Å². The lowest BCUT2D eigenvalue weighted by atomic mass is 9.97. The molecule has 1 aromatic carbocycles. The minimum absolute atomic E-state index is 0.538. The van der Waals surface area contributed by atoms with E-state index >= 15 is 0 Å². The van der Waals surface area contributed by atoms with Gasteiger partial charge in [-0.05, 0) is 24.4 Å². The molecule has 0 saturated heterocycles. The summed E-state index contributed by atoms with van der Waals surface area (Å²) in [4.78, 5) is 0. The van der Waals surface area contributed by atoms with E-state index in [0.29, 0.717) is 5.92 Å². The fraction of sp³-hybridized carbons (Fsp3) is 0.400. The molecule has 0 aromatic heterocycles. The Hall–Kier alpha value is -0.820. The van der Waals surface area contributed by atoms with Gasteiger partial charge in [-0.2, -0.15) is 0 Å². The van der Waals surface area contributed by atoms with E-state index in [1.807, 2.05) is 6.07 Å². The molecule has 0 aliphatic carbocycles. The number of nitrogens with two attached hydrogens (primary N) is 1. The highest BCUT2D eigenvalue weighted by molar-refractivity contribution is 5.19. The summed E-state index contributed by atoms with van der Waals surface area (Å²) in [6, 6.07) is 10.4. The Morgan fingerprint density at radius 3 is 2.36 bits per heavy atom. The van der Waals surface area contributed by atoms with Crippen molar-refractivity contribution in [3.63, 3.8) is 0 Å². The second-order valence-corrected chi connectivity index (χ2v) is 2.75. The molecule has 1 unspecified atom stereocenters. The largest absolute Gasteiger partial charge is 0.330 e. The summed E-state index contributed by atoms with van der Waals surface area (Å²) in [5, 5.41) is 0. The molecule has 1 atom stereocenters. The molecule has 1 nitrogen and oxygen atoms in total. The van der Waals surface area contributed by atoms with Crippen molar-refractivity contribution < 1.29 is 0 Å². The van der Waals surface area contributed by atoms with Crippen LogP contribution in [0.2, 0.25) is 0 Å². The van der Waals surface area contributed by atoms with E-state index in [1.54, 1.807) is 0 Å². The minimum Gasteiger partial charge on any atom is -0.330 e. The maximum absolute atomic E-state index is 5.62. The molecule has 0 saturated carbocycles. The standard InChI is InChI=1S/C10H15N/c1-2-9(8-11)10-6-4-3-5-7-10/h3-7,9H,2,8,11H2,1H3. The van der Waals surface area contributed by atoms with Crippen LogP contribution < -0.4 is 5.73 Å². The number of hydrogen-bond donors (Lipinski definition) is 1. The molecular formula is C10H15N. The second kappa shape index (κ2) is 4.14. The van der Waals surface area contributed by atoms with E-state index in [4.69, 9.17) is 5.73 Å². The predicted molar refractivity (Wildman–Crippen MR) is 48.5 cm³/mol. The van der Waals surface area contributed by atoms with Crippen LogP contribution in [0, 0.1) is 0 Å². The fourth-order valence-electron chi connectivity index (χ4n) is 1.26. The monoisotopic (exact) mass is 149 g/mol. The highest BCUT2D eigenvalue weighted by atomic mass is 14.5. The highest BCUT2D eigenvalue weighted by Gasteiger charge is 2.04. The Morgan fingerprint density at radius 2 is 1.91 bits per heavy atom. The summed E-state index contributed by atoms with van der Waals surface area (Å²) in [6.45, 7) is 2.92. The third kappa shape index (κ3) is 2.05. The zero-order valence-corrected chi connectivity index (χ0v) is 6.96. The average molecular weight is 149 g/mol. The molecule has 60 valence electrons. The Bertz CT molecular complexity index is 189. The quantitative estimate of drug-likeness (QED) is 0.700. The first-order valence-electron chi connectivity index (χ1n) is 4.13. The summed E-state index contributed by atoms with van der Waals surface area (Å²) >= 11 is 0. The van der Waals surface area contributed by atoms with Crippen LogP contribution in [0.3, 0.4) is 0 Å². The lowest BCUT2D eigenvalue weighted by Crippen LogP contribution is -2.11. The van der Waals surface area contributed by atoms with E-state index in [2.05, 4.69) is 31.2 Å². The maximum Gasteiger partial charge on any atom is -0.000834 e. The molecule has 1 aromatic rings. The van der Waals surface area contributed by atoms with Crippen molar-refractivity contribution in [2.24, 2.45) is 5.73 Å². The van der Waals surface area contributed by atoms with Crippen LogP contribution in [-0.2, 0) is 0 Å². The van der Waals surface area contributed by atoms with Crippen molar-refractivity contribution in [3.8, 4) is 0 Å². The first-order chi connectivity index (χ1) is 5.38. The van der Waals surface area contributed by atoms with Gasteiger partial charge in [0, 0.05) is 0 Å². The highest BCUT2D eigenvalue weighted by Crippen LogP contribution is 2.16. The van der Waals surface area contributed by atoms with Crippen LogP contribution in [0.1, 0.15) is 24.8 Å². The molecule has 0 aliphatic rings. The van der Waals surface area contributed by atoms with E-state index < -0.39 is 0 Å². The van der Waals surface area contributed by atoms with Crippen LogP contribution in [0.5, 0.6) is 0 Å². The molecule has 0 heterocycles. The fourth-order valence-corrected chi connectivity index (χ4v) is 1.26. The number of rotatable bonds is 3. The van der Waals surface area contributed by atoms with E-state index in [-0.39, 0.29) is 0 Å². The smallest absolute Gasteiger partial charge is 0.000834 e. The van der Waals surface area contributed by atoms with Gasteiger partial charge < -0.3 is 5.73 Å². The van der Waals surface area contributed by atoms with Gasteiger partial charge in [-0.3, -0.25) is 0 Å². The van der Waals surface area contributed by atoms with Gasteiger partial charge in [0.15, 0.2) is 0 Å². The molecule has 0 spiro atoms. The van der Waals surface area contributed by atoms with Crippen molar-refractivity contribution in [3.05, 3.63) is 35.9 Å². The van der Waals surface area contributed by atoms with Crippen LogP contribution in [0.15, 0.2) is 30.3 Å². The Balaban J connectivity index is 2.74. The maximum atomic E-state index is 5.62. The first-order valence-corrected chi connectivity index (χ1v) is 4.13. The first kappa shape index (κ1) is 8.28. The van der Waals surface area contributed by atoms with Crippen molar-refractivity contribution in [1.29, 1.82) is 0 Å². The van der Waals surface area contributed by atoms with Gasteiger partial charge in [-0.15, -0.1) is 0 Å². The van der Waals surface area contributed by atoms with Crippen molar-refractivity contribution >= 4 is 0 Å². The van der Waals surface area contributed by atoms with Gasteiger partial charge in [0.05, 0.1) is 0 Å². The van der Waals surface area contributed by atoms with Crippen LogP contribution in [0.25, 0.3) is 0 Å². The van der Waals surface area contributed by atoms with Crippen molar-refractivity contribution in [2.75, 3.05) is 6.54 Å².